The predicted octanol–water partition coefficient (Wildman–Crippen LogP) is 1.74. The summed E-state index contributed by atoms with van der Waals surface area (Å²) >= 11 is 1.81. The Bertz CT molecular complexity index is 208. The molecule has 0 aromatic heterocycles. The van der Waals surface area contributed by atoms with Crippen molar-refractivity contribution in [3.05, 3.63) is 0 Å². The van der Waals surface area contributed by atoms with Gasteiger partial charge in [-0.2, -0.15) is 0 Å². The summed E-state index contributed by atoms with van der Waals surface area (Å²) in [5, 5.41) is 4.43. The maximum absolute atomic E-state index is 5.07. The number of methoxy groups -OCH3 is 1. The maximum Gasteiger partial charge on any atom is 0.157 e. The molecule has 3 unspecified atom stereocenters. The highest BCUT2D eigenvalue weighted by Gasteiger charge is 2.19. The van der Waals surface area contributed by atoms with Gasteiger partial charge in [0.05, 0.1) is 12.6 Å². The molecule has 0 saturated heterocycles. The zero-order chi connectivity index (χ0) is 10.6. The van der Waals surface area contributed by atoms with Crippen molar-refractivity contribution >= 4 is 16.9 Å². The van der Waals surface area contributed by atoms with Crippen LogP contribution in [0.15, 0.2) is 4.99 Å². The molecule has 0 spiro atoms. The van der Waals surface area contributed by atoms with Crippen LogP contribution < -0.4 is 5.32 Å². The van der Waals surface area contributed by atoms with Crippen LogP contribution in [0.25, 0.3) is 0 Å². The summed E-state index contributed by atoms with van der Waals surface area (Å²) in [7, 11) is 1.72. The Morgan fingerprint density at radius 2 is 2.36 bits per heavy atom. The summed E-state index contributed by atoms with van der Waals surface area (Å²) in [5.74, 6) is 1.84. The lowest BCUT2D eigenvalue weighted by Crippen LogP contribution is -2.37. The van der Waals surface area contributed by atoms with Crippen molar-refractivity contribution in [2.75, 3.05) is 19.5 Å². The molecule has 82 valence electrons. The lowest BCUT2D eigenvalue weighted by molar-refractivity contribution is 0.179. The van der Waals surface area contributed by atoms with Crippen LogP contribution in [0.5, 0.6) is 0 Å². The van der Waals surface area contributed by atoms with Gasteiger partial charge >= 0.3 is 0 Å². The molecule has 1 N–H and O–H groups in total. The fourth-order valence-electron chi connectivity index (χ4n) is 1.28. The topological polar surface area (TPSA) is 33.6 Å². The zero-order valence-electron chi connectivity index (χ0n) is 9.41. The molecule has 0 aromatic carbocycles. The van der Waals surface area contributed by atoms with Gasteiger partial charge in [0.15, 0.2) is 5.17 Å². The van der Waals surface area contributed by atoms with Crippen LogP contribution in [0.1, 0.15) is 20.8 Å². The van der Waals surface area contributed by atoms with E-state index in [0.717, 1.165) is 17.5 Å². The van der Waals surface area contributed by atoms with Crippen LogP contribution in [-0.4, -0.2) is 36.7 Å². The Kier molecular flexibility index (Phi) is 4.75. The third-order valence-corrected chi connectivity index (χ3v) is 3.60. The minimum atomic E-state index is 0.340. The van der Waals surface area contributed by atoms with E-state index in [0.29, 0.717) is 18.0 Å². The molecule has 0 fully saturated rings. The van der Waals surface area contributed by atoms with Crippen LogP contribution in [0, 0.1) is 5.92 Å². The van der Waals surface area contributed by atoms with Gasteiger partial charge < -0.3 is 10.1 Å². The standard InChI is InChI=1S/C10H20N2OS/c1-7-6-14-10(12-9(7)3)11-8(2)5-13-4/h7-9H,5-6H2,1-4H3,(H,11,12). The van der Waals surface area contributed by atoms with Gasteiger partial charge in [0.2, 0.25) is 0 Å². The first-order chi connectivity index (χ1) is 6.63. The summed E-state index contributed by atoms with van der Waals surface area (Å²) in [6.07, 6.45) is 0. The van der Waals surface area contributed by atoms with Crippen molar-refractivity contribution in [3.8, 4) is 0 Å². The monoisotopic (exact) mass is 216 g/mol. The van der Waals surface area contributed by atoms with Crippen molar-refractivity contribution in [3.63, 3.8) is 0 Å². The van der Waals surface area contributed by atoms with Crippen LogP contribution >= 0.6 is 11.8 Å². The lowest BCUT2D eigenvalue weighted by Gasteiger charge is -2.25. The number of nitrogens with one attached hydrogen (secondary N) is 1. The first kappa shape index (κ1) is 11.9. The fourth-order valence-corrected chi connectivity index (χ4v) is 2.51. The lowest BCUT2D eigenvalue weighted by atomic mass is 10.1. The second-order valence-corrected chi connectivity index (χ2v) is 4.97. The predicted molar refractivity (Wildman–Crippen MR) is 63.0 cm³/mol. The molecular weight excluding hydrogens is 196 g/mol. The Labute approximate surface area is 90.7 Å². The number of amidine groups is 1. The second-order valence-electron chi connectivity index (χ2n) is 3.96. The summed E-state index contributed by atoms with van der Waals surface area (Å²) in [6.45, 7) is 7.25. The summed E-state index contributed by atoms with van der Waals surface area (Å²) < 4.78 is 5.07. The number of hydrogen-bond acceptors (Lipinski definition) is 4. The fraction of sp³-hybridized carbons (Fsp3) is 0.900. The molecule has 0 aromatic rings. The number of thioether (sulfide) groups is 1. The summed E-state index contributed by atoms with van der Waals surface area (Å²) in [5.41, 5.74) is 0. The van der Waals surface area contributed by atoms with E-state index < -0.39 is 0 Å². The summed E-state index contributed by atoms with van der Waals surface area (Å²) in [6, 6.07) is 0.778. The van der Waals surface area contributed by atoms with E-state index >= 15 is 0 Å². The van der Waals surface area contributed by atoms with E-state index in [9.17, 15) is 0 Å². The van der Waals surface area contributed by atoms with Crippen molar-refractivity contribution in [2.24, 2.45) is 10.9 Å². The van der Waals surface area contributed by atoms with Crippen LogP contribution in [0.2, 0.25) is 0 Å². The van der Waals surface area contributed by atoms with E-state index in [1.807, 2.05) is 11.8 Å². The van der Waals surface area contributed by atoms with Crippen molar-refractivity contribution in [1.82, 2.24) is 5.32 Å². The molecule has 0 aliphatic carbocycles. The van der Waals surface area contributed by atoms with Gasteiger partial charge in [0, 0.05) is 18.9 Å². The SMILES string of the molecule is COCC(C)NC1=NC(C)C(C)CS1. The highest BCUT2D eigenvalue weighted by atomic mass is 32.2. The molecule has 3 nitrogen and oxygen atoms in total. The van der Waals surface area contributed by atoms with Gasteiger partial charge in [-0.05, 0) is 19.8 Å². The molecule has 0 radical (unpaired) electrons. The molecule has 1 aliphatic heterocycles. The highest BCUT2D eigenvalue weighted by molar-refractivity contribution is 8.13. The van der Waals surface area contributed by atoms with Gasteiger partial charge in [-0.25, -0.2) is 0 Å². The van der Waals surface area contributed by atoms with E-state index in [-0.39, 0.29) is 0 Å². The molecule has 1 aliphatic rings. The minimum absolute atomic E-state index is 0.340. The maximum atomic E-state index is 5.07. The third kappa shape index (κ3) is 3.50. The van der Waals surface area contributed by atoms with E-state index in [1.54, 1.807) is 7.11 Å². The van der Waals surface area contributed by atoms with Crippen LogP contribution in [0.3, 0.4) is 0 Å². The number of aliphatic imine (C=N–C) groups is 1. The van der Waals surface area contributed by atoms with Crippen molar-refractivity contribution < 1.29 is 4.74 Å². The average Bonchev–Trinajstić information content (AvgIpc) is 2.12. The Morgan fingerprint density at radius 1 is 1.64 bits per heavy atom. The van der Waals surface area contributed by atoms with E-state index in [1.165, 1.54) is 0 Å². The molecule has 3 atom stereocenters. The van der Waals surface area contributed by atoms with Gasteiger partial charge in [0.25, 0.3) is 0 Å². The minimum Gasteiger partial charge on any atom is -0.383 e. The van der Waals surface area contributed by atoms with Gasteiger partial charge in [0.1, 0.15) is 0 Å². The third-order valence-electron chi connectivity index (χ3n) is 2.41. The largest absolute Gasteiger partial charge is 0.383 e. The molecular formula is C10H20N2OS. The zero-order valence-corrected chi connectivity index (χ0v) is 10.2. The van der Waals surface area contributed by atoms with E-state index in [4.69, 9.17) is 4.74 Å². The normalized spacial score (nSPS) is 29.6. The Morgan fingerprint density at radius 3 is 2.93 bits per heavy atom. The second kappa shape index (κ2) is 5.61. The first-order valence-electron chi connectivity index (χ1n) is 5.09. The molecule has 0 saturated carbocycles. The van der Waals surface area contributed by atoms with E-state index in [2.05, 4.69) is 31.1 Å². The number of ether oxygens (including phenoxy) is 1. The van der Waals surface area contributed by atoms with Crippen LogP contribution in [0.4, 0.5) is 0 Å². The molecule has 1 rings (SSSR count). The Balaban J connectivity index is 2.41. The Hall–Kier alpha value is -0.220. The molecule has 4 heteroatoms. The number of rotatable bonds is 3. The highest BCUT2D eigenvalue weighted by Crippen LogP contribution is 2.21. The van der Waals surface area contributed by atoms with Crippen molar-refractivity contribution in [2.45, 2.75) is 32.9 Å². The molecule has 0 amide bonds. The molecule has 1 heterocycles. The first-order valence-corrected chi connectivity index (χ1v) is 6.08. The molecule has 0 bridgehead atoms. The van der Waals surface area contributed by atoms with Gasteiger partial charge in [-0.1, -0.05) is 18.7 Å². The number of nitrogens with zero attached hydrogens (tertiary/aromatic N) is 1. The van der Waals surface area contributed by atoms with Gasteiger partial charge in [-0.15, -0.1) is 0 Å². The van der Waals surface area contributed by atoms with Gasteiger partial charge in [-0.3, -0.25) is 4.99 Å². The average molecular weight is 216 g/mol. The van der Waals surface area contributed by atoms with Crippen molar-refractivity contribution in [1.29, 1.82) is 0 Å². The number of hydrogen-bond donors (Lipinski definition) is 1. The quantitative estimate of drug-likeness (QED) is 0.780. The molecule has 14 heavy (non-hydrogen) atoms. The van der Waals surface area contributed by atoms with Crippen LogP contribution in [-0.2, 0) is 4.74 Å². The smallest absolute Gasteiger partial charge is 0.157 e. The summed E-state index contributed by atoms with van der Waals surface area (Å²) in [4.78, 5) is 4.60.